The lowest BCUT2D eigenvalue weighted by Crippen LogP contribution is -1.95. The molecule has 0 aliphatic carbocycles. The minimum absolute atomic E-state index is 0.597. The molecule has 1 aromatic rings. The number of rotatable bonds is 4. The molecule has 82 valence electrons. The van der Waals surface area contributed by atoms with Gasteiger partial charge in [-0.05, 0) is 41.0 Å². The van der Waals surface area contributed by atoms with Gasteiger partial charge in [0.2, 0.25) is 0 Å². The van der Waals surface area contributed by atoms with E-state index in [1.807, 2.05) is 0 Å². The molecule has 0 spiro atoms. The lowest BCUT2D eigenvalue weighted by atomic mass is 9.92. The van der Waals surface area contributed by atoms with Crippen molar-refractivity contribution in [3.8, 4) is 0 Å². The van der Waals surface area contributed by atoms with Crippen molar-refractivity contribution >= 4 is 5.57 Å². The van der Waals surface area contributed by atoms with Gasteiger partial charge in [0.15, 0.2) is 0 Å². The zero-order valence-electron chi connectivity index (χ0n) is 10.4. The number of hydrogen-bond acceptors (Lipinski definition) is 0. The van der Waals surface area contributed by atoms with Crippen LogP contribution in [0.15, 0.2) is 24.8 Å². The monoisotopic (exact) mass is 202 g/mol. The first-order chi connectivity index (χ1) is 7.10. The van der Waals surface area contributed by atoms with Crippen LogP contribution in [-0.2, 0) is 6.42 Å². The maximum absolute atomic E-state index is 4.15. The summed E-state index contributed by atoms with van der Waals surface area (Å²) in [4.78, 5) is 0. The second-order valence-corrected chi connectivity index (χ2v) is 4.38. The van der Waals surface area contributed by atoms with Gasteiger partial charge in [-0.15, -0.1) is 0 Å². The third kappa shape index (κ3) is 2.71. The zero-order valence-corrected chi connectivity index (χ0v) is 10.4. The molecule has 0 radical (unpaired) electrons. The van der Waals surface area contributed by atoms with Gasteiger partial charge in [-0.1, -0.05) is 52.5 Å². The summed E-state index contributed by atoms with van der Waals surface area (Å²) in [6.45, 7) is 13.0. The van der Waals surface area contributed by atoms with Gasteiger partial charge in [0.25, 0.3) is 0 Å². The summed E-state index contributed by atoms with van der Waals surface area (Å²) < 4.78 is 0. The van der Waals surface area contributed by atoms with Crippen molar-refractivity contribution in [1.29, 1.82) is 0 Å². The average molecular weight is 202 g/mol. The molecule has 1 aromatic carbocycles. The minimum atomic E-state index is 0.597. The van der Waals surface area contributed by atoms with E-state index >= 15 is 0 Å². The van der Waals surface area contributed by atoms with Crippen LogP contribution in [0.5, 0.6) is 0 Å². The SMILES string of the molecule is C=C(CC)c1cc(C(C)C)ccc1CC. The van der Waals surface area contributed by atoms with Gasteiger partial charge < -0.3 is 0 Å². The van der Waals surface area contributed by atoms with Crippen LogP contribution >= 0.6 is 0 Å². The van der Waals surface area contributed by atoms with Crippen LogP contribution in [0.3, 0.4) is 0 Å². The van der Waals surface area contributed by atoms with Crippen LogP contribution in [-0.4, -0.2) is 0 Å². The van der Waals surface area contributed by atoms with Crippen molar-refractivity contribution in [3.63, 3.8) is 0 Å². The Bertz CT molecular complexity index is 345. The summed E-state index contributed by atoms with van der Waals surface area (Å²) in [7, 11) is 0. The normalized spacial score (nSPS) is 10.7. The van der Waals surface area contributed by atoms with E-state index in [9.17, 15) is 0 Å². The van der Waals surface area contributed by atoms with Crippen LogP contribution in [0.2, 0.25) is 0 Å². The van der Waals surface area contributed by atoms with Crippen LogP contribution in [0.4, 0.5) is 0 Å². The molecule has 0 fully saturated rings. The fourth-order valence-electron chi connectivity index (χ4n) is 1.78. The Hall–Kier alpha value is -1.04. The third-order valence-electron chi connectivity index (χ3n) is 2.99. The Kier molecular flexibility index (Phi) is 4.14. The van der Waals surface area contributed by atoms with Crippen LogP contribution in [0, 0.1) is 0 Å². The lowest BCUT2D eigenvalue weighted by Gasteiger charge is -2.13. The number of allylic oxidation sites excluding steroid dienone is 1. The highest BCUT2D eigenvalue weighted by Crippen LogP contribution is 2.25. The molecule has 0 amide bonds. The van der Waals surface area contributed by atoms with Gasteiger partial charge in [0.1, 0.15) is 0 Å². The zero-order chi connectivity index (χ0) is 11.4. The molecule has 0 aromatic heterocycles. The van der Waals surface area contributed by atoms with Crippen molar-refractivity contribution in [3.05, 3.63) is 41.5 Å². The largest absolute Gasteiger partial charge is 0.0952 e. The van der Waals surface area contributed by atoms with Gasteiger partial charge in [-0.3, -0.25) is 0 Å². The molecule has 15 heavy (non-hydrogen) atoms. The van der Waals surface area contributed by atoms with Crippen LogP contribution in [0.25, 0.3) is 5.57 Å². The Morgan fingerprint density at radius 1 is 1.27 bits per heavy atom. The molecule has 0 N–H and O–H groups in total. The molecule has 0 heteroatoms. The maximum Gasteiger partial charge on any atom is -0.0196 e. The first kappa shape index (κ1) is 12.0. The van der Waals surface area contributed by atoms with Crippen molar-refractivity contribution in [1.82, 2.24) is 0 Å². The first-order valence-electron chi connectivity index (χ1n) is 5.91. The van der Waals surface area contributed by atoms with Crippen molar-refractivity contribution < 1.29 is 0 Å². The molecule has 0 unspecified atom stereocenters. The molecular weight excluding hydrogens is 180 g/mol. The average Bonchev–Trinajstić information content (AvgIpc) is 2.27. The topological polar surface area (TPSA) is 0 Å². The molecular formula is C15H22. The second-order valence-electron chi connectivity index (χ2n) is 4.38. The Balaban J connectivity index is 3.19. The van der Waals surface area contributed by atoms with Gasteiger partial charge in [0, 0.05) is 0 Å². The number of hydrogen-bond donors (Lipinski definition) is 0. The summed E-state index contributed by atoms with van der Waals surface area (Å²) in [5.41, 5.74) is 5.46. The van der Waals surface area contributed by atoms with E-state index in [-0.39, 0.29) is 0 Å². The molecule has 0 atom stereocenters. The van der Waals surface area contributed by atoms with E-state index in [1.165, 1.54) is 22.3 Å². The summed E-state index contributed by atoms with van der Waals surface area (Å²) in [5.74, 6) is 0.597. The van der Waals surface area contributed by atoms with E-state index in [0.29, 0.717) is 5.92 Å². The predicted octanol–water partition coefficient (Wildman–Crippen LogP) is 4.80. The molecule has 0 aliphatic heterocycles. The fourth-order valence-corrected chi connectivity index (χ4v) is 1.78. The summed E-state index contributed by atoms with van der Waals surface area (Å²) in [6, 6.07) is 6.82. The van der Waals surface area contributed by atoms with Crippen LogP contribution in [0.1, 0.15) is 56.7 Å². The molecule has 0 aliphatic rings. The number of benzene rings is 1. The Labute approximate surface area is 94.0 Å². The van der Waals surface area contributed by atoms with E-state index in [0.717, 1.165) is 12.8 Å². The van der Waals surface area contributed by atoms with Gasteiger partial charge in [-0.2, -0.15) is 0 Å². The first-order valence-corrected chi connectivity index (χ1v) is 5.91. The summed E-state index contributed by atoms with van der Waals surface area (Å²) >= 11 is 0. The van der Waals surface area contributed by atoms with E-state index in [4.69, 9.17) is 0 Å². The molecule has 0 bridgehead atoms. The Morgan fingerprint density at radius 2 is 1.93 bits per heavy atom. The highest BCUT2D eigenvalue weighted by molar-refractivity contribution is 5.67. The van der Waals surface area contributed by atoms with Crippen LogP contribution < -0.4 is 0 Å². The van der Waals surface area contributed by atoms with Crippen molar-refractivity contribution in [2.24, 2.45) is 0 Å². The molecule has 1 rings (SSSR count). The third-order valence-corrected chi connectivity index (χ3v) is 2.99. The predicted molar refractivity (Wildman–Crippen MR) is 69.2 cm³/mol. The molecule has 0 heterocycles. The van der Waals surface area contributed by atoms with E-state index in [2.05, 4.69) is 52.5 Å². The summed E-state index contributed by atoms with van der Waals surface area (Å²) in [6.07, 6.45) is 2.13. The molecule has 0 nitrogen and oxygen atoms in total. The van der Waals surface area contributed by atoms with E-state index in [1.54, 1.807) is 0 Å². The quantitative estimate of drug-likeness (QED) is 0.658. The molecule has 0 saturated carbocycles. The Morgan fingerprint density at radius 3 is 2.40 bits per heavy atom. The lowest BCUT2D eigenvalue weighted by molar-refractivity contribution is 0.863. The fraction of sp³-hybridized carbons (Fsp3) is 0.467. The van der Waals surface area contributed by atoms with E-state index < -0.39 is 0 Å². The van der Waals surface area contributed by atoms with Crippen molar-refractivity contribution in [2.45, 2.75) is 46.5 Å². The van der Waals surface area contributed by atoms with Gasteiger partial charge in [0.05, 0.1) is 0 Å². The number of aryl methyl sites for hydroxylation is 1. The molecule has 0 saturated heterocycles. The minimum Gasteiger partial charge on any atom is -0.0952 e. The smallest absolute Gasteiger partial charge is 0.0196 e. The van der Waals surface area contributed by atoms with Gasteiger partial charge in [-0.25, -0.2) is 0 Å². The summed E-state index contributed by atoms with van der Waals surface area (Å²) in [5, 5.41) is 0. The highest BCUT2D eigenvalue weighted by Gasteiger charge is 2.06. The standard InChI is InChI=1S/C15H22/c1-6-12(5)15-10-14(11(3)4)9-8-13(15)7-2/h8-11H,5-7H2,1-4H3. The highest BCUT2D eigenvalue weighted by atomic mass is 14.1. The second kappa shape index (κ2) is 5.16. The van der Waals surface area contributed by atoms with Gasteiger partial charge >= 0.3 is 0 Å². The van der Waals surface area contributed by atoms with Crippen molar-refractivity contribution in [2.75, 3.05) is 0 Å². The maximum atomic E-state index is 4.15.